The van der Waals surface area contributed by atoms with Crippen LogP contribution in [0.3, 0.4) is 0 Å². The van der Waals surface area contributed by atoms with Crippen LogP contribution in [0, 0.1) is 17.2 Å². The molecule has 17 heavy (non-hydrogen) atoms. The number of anilines is 2. The molecule has 3 N–H and O–H groups in total. The van der Waals surface area contributed by atoms with Crippen molar-refractivity contribution in [1.29, 1.82) is 5.26 Å². The second-order valence-corrected chi connectivity index (χ2v) is 4.53. The van der Waals surface area contributed by atoms with Gasteiger partial charge < -0.3 is 15.7 Å². The van der Waals surface area contributed by atoms with E-state index in [0.29, 0.717) is 30.0 Å². The van der Waals surface area contributed by atoms with Crippen LogP contribution >= 0.6 is 0 Å². The van der Waals surface area contributed by atoms with Gasteiger partial charge in [-0.15, -0.1) is 0 Å². The molecule has 0 amide bonds. The number of hydrogen-bond donors (Lipinski definition) is 2. The molecule has 0 saturated carbocycles. The molecule has 2 heterocycles. The molecular formula is C12H16N4O. The number of aromatic nitrogens is 1. The van der Waals surface area contributed by atoms with E-state index in [4.69, 9.17) is 11.0 Å². The van der Waals surface area contributed by atoms with Gasteiger partial charge in [0.25, 0.3) is 0 Å². The summed E-state index contributed by atoms with van der Waals surface area (Å²) in [5.74, 6) is 0.857. The van der Waals surface area contributed by atoms with Crippen molar-refractivity contribution in [1.82, 2.24) is 4.98 Å². The number of nitriles is 1. The second kappa shape index (κ2) is 4.60. The summed E-state index contributed by atoms with van der Waals surface area (Å²) in [4.78, 5) is 6.27. The molecule has 1 aromatic rings. The molecule has 1 aliphatic rings. The van der Waals surface area contributed by atoms with E-state index in [1.807, 2.05) is 11.8 Å². The molecule has 1 aliphatic heterocycles. The maximum absolute atomic E-state index is 9.68. The topological polar surface area (TPSA) is 86.2 Å². The van der Waals surface area contributed by atoms with Gasteiger partial charge in [-0.2, -0.15) is 5.26 Å². The number of aliphatic hydroxyl groups excluding tert-OH is 1. The first-order valence-corrected chi connectivity index (χ1v) is 5.70. The second-order valence-electron chi connectivity index (χ2n) is 4.53. The first-order chi connectivity index (χ1) is 8.11. The number of hydrogen-bond acceptors (Lipinski definition) is 5. The fourth-order valence-corrected chi connectivity index (χ4v) is 2.13. The highest BCUT2D eigenvalue weighted by Crippen LogP contribution is 2.25. The molecule has 1 saturated heterocycles. The predicted molar refractivity (Wildman–Crippen MR) is 65.4 cm³/mol. The molecule has 0 radical (unpaired) electrons. The summed E-state index contributed by atoms with van der Waals surface area (Å²) in [7, 11) is 0. The van der Waals surface area contributed by atoms with E-state index in [9.17, 15) is 5.11 Å². The Labute approximate surface area is 100 Å². The number of piperidine rings is 1. The lowest BCUT2D eigenvalue weighted by Gasteiger charge is -2.35. The molecule has 5 heteroatoms. The van der Waals surface area contributed by atoms with Crippen LogP contribution in [0.25, 0.3) is 0 Å². The van der Waals surface area contributed by atoms with E-state index in [-0.39, 0.29) is 12.0 Å². The summed E-state index contributed by atoms with van der Waals surface area (Å²) in [5, 5.41) is 18.8. The number of rotatable bonds is 1. The molecule has 0 aliphatic carbocycles. The SMILES string of the molecule is CC1CN(c2ncc(N)cc2C#N)CCC1O. The highest BCUT2D eigenvalue weighted by molar-refractivity contribution is 5.59. The van der Waals surface area contributed by atoms with Crippen LogP contribution in [-0.2, 0) is 0 Å². The fourth-order valence-electron chi connectivity index (χ4n) is 2.13. The molecule has 0 aromatic carbocycles. The Bertz CT molecular complexity index is 454. The first-order valence-electron chi connectivity index (χ1n) is 5.70. The molecule has 0 bridgehead atoms. The van der Waals surface area contributed by atoms with Crippen LogP contribution in [0.2, 0.25) is 0 Å². The smallest absolute Gasteiger partial charge is 0.146 e. The van der Waals surface area contributed by atoms with Gasteiger partial charge in [-0.25, -0.2) is 4.98 Å². The van der Waals surface area contributed by atoms with Gasteiger partial charge in [0.15, 0.2) is 0 Å². The van der Waals surface area contributed by atoms with E-state index in [0.717, 1.165) is 6.54 Å². The quantitative estimate of drug-likeness (QED) is 0.746. The van der Waals surface area contributed by atoms with E-state index in [2.05, 4.69) is 11.1 Å². The summed E-state index contributed by atoms with van der Waals surface area (Å²) in [6, 6.07) is 3.75. The third kappa shape index (κ3) is 2.32. The number of pyridine rings is 1. The Morgan fingerprint density at radius 2 is 2.41 bits per heavy atom. The Kier molecular flexibility index (Phi) is 3.16. The van der Waals surface area contributed by atoms with Crippen molar-refractivity contribution in [2.75, 3.05) is 23.7 Å². The van der Waals surface area contributed by atoms with Crippen LogP contribution in [0.4, 0.5) is 11.5 Å². The van der Waals surface area contributed by atoms with Gasteiger partial charge in [0.2, 0.25) is 0 Å². The van der Waals surface area contributed by atoms with Gasteiger partial charge in [-0.05, 0) is 18.4 Å². The van der Waals surface area contributed by atoms with Gasteiger partial charge in [-0.1, -0.05) is 6.92 Å². The highest BCUT2D eigenvalue weighted by Gasteiger charge is 2.26. The Balaban J connectivity index is 2.26. The van der Waals surface area contributed by atoms with E-state index >= 15 is 0 Å². The summed E-state index contributed by atoms with van der Waals surface area (Å²) in [6.07, 6.45) is 2.01. The zero-order valence-electron chi connectivity index (χ0n) is 9.80. The normalized spacial score (nSPS) is 24.4. The van der Waals surface area contributed by atoms with Crippen molar-refractivity contribution < 1.29 is 5.11 Å². The lowest BCUT2D eigenvalue weighted by Crippen LogP contribution is -2.42. The number of nitrogens with two attached hydrogens (primary N) is 1. The minimum atomic E-state index is -0.259. The maximum Gasteiger partial charge on any atom is 0.146 e. The number of nitrogens with zero attached hydrogens (tertiary/aromatic N) is 3. The van der Waals surface area contributed by atoms with Crippen LogP contribution in [0.1, 0.15) is 18.9 Å². The Morgan fingerprint density at radius 1 is 1.65 bits per heavy atom. The average molecular weight is 232 g/mol. The van der Waals surface area contributed by atoms with E-state index in [1.165, 1.54) is 0 Å². The molecule has 0 spiro atoms. The third-order valence-electron chi connectivity index (χ3n) is 3.17. The van der Waals surface area contributed by atoms with Crippen LogP contribution in [0.15, 0.2) is 12.3 Å². The van der Waals surface area contributed by atoms with Gasteiger partial charge >= 0.3 is 0 Å². The minimum absolute atomic E-state index is 0.189. The average Bonchev–Trinajstić information content (AvgIpc) is 2.32. The zero-order valence-corrected chi connectivity index (χ0v) is 9.80. The summed E-state index contributed by atoms with van der Waals surface area (Å²) in [6.45, 7) is 3.43. The minimum Gasteiger partial charge on any atom is -0.397 e. The van der Waals surface area contributed by atoms with Crippen molar-refractivity contribution >= 4 is 11.5 Å². The monoisotopic (exact) mass is 232 g/mol. The first kappa shape index (κ1) is 11.7. The maximum atomic E-state index is 9.68. The zero-order chi connectivity index (χ0) is 12.4. The van der Waals surface area contributed by atoms with Crippen LogP contribution in [-0.4, -0.2) is 29.3 Å². The largest absolute Gasteiger partial charge is 0.397 e. The molecular weight excluding hydrogens is 216 g/mol. The Hall–Kier alpha value is -1.80. The summed E-state index contributed by atoms with van der Waals surface area (Å²) >= 11 is 0. The van der Waals surface area contributed by atoms with Crippen molar-refractivity contribution in [3.05, 3.63) is 17.8 Å². The van der Waals surface area contributed by atoms with Crippen molar-refractivity contribution in [3.63, 3.8) is 0 Å². The summed E-state index contributed by atoms with van der Waals surface area (Å²) < 4.78 is 0. The van der Waals surface area contributed by atoms with Crippen molar-refractivity contribution in [2.45, 2.75) is 19.4 Å². The number of nitrogen functional groups attached to an aromatic ring is 1. The molecule has 2 rings (SSSR count). The molecule has 5 nitrogen and oxygen atoms in total. The van der Waals surface area contributed by atoms with Gasteiger partial charge in [0, 0.05) is 13.1 Å². The molecule has 1 aromatic heterocycles. The van der Waals surface area contributed by atoms with Crippen LogP contribution < -0.4 is 10.6 Å². The standard InChI is InChI=1S/C12H16N4O/c1-8-7-16(3-2-11(8)17)12-9(5-13)4-10(14)6-15-12/h4,6,8,11,17H,2-3,7,14H2,1H3. The number of aliphatic hydroxyl groups is 1. The third-order valence-corrected chi connectivity index (χ3v) is 3.17. The fraction of sp³-hybridized carbons (Fsp3) is 0.500. The Morgan fingerprint density at radius 3 is 3.06 bits per heavy atom. The van der Waals surface area contributed by atoms with E-state index < -0.39 is 0 Å². The predicted octanol–water partition coefficient (Wildman–Crippen LogP) is 0.743. The van der Waals surface area contributed by atoms with E-state index in [1.54, 1.807) is 12.3 Å². The lowest BCUT2D eigenvalue weighted by molar-refractivity contribution is 0.0969. The van der Waals surface area contributed by atoms with Gasteiger partial charge in [-0.3, -0.25) is 0 Å². The molecule has 1 fully saturated rings. The van der Waals surface area contributed by atoms with Gasteiger partial charge in [0.05, 0.1) is 23.6 Å². The molecule has 2 unspecified atom stereocenters. The van der Waals surface area contributed by atoms with Crippen molar-refractivity contribution in [2.24, 2.45) is 5.92 Å². The lowest BCUT2D eigenvalue weighted by atomic mass is 9.96. The van der Waals surface area contributed by atoms with Crippen LogP contribution in [0.5, 0.6) is 0 Å². The summed E-state index contributed by atoms with van der Waals surface area (Å²) in [5.41, 5.74) is 6.60. The molecule has 90 valence electrons. The van der Waals surface area contributed by atoms with Crippen molar-refractivity contribution in [3.8, 4) is 6.07 Å². The van der Waals surface area contributed by atoms with Gasteiger partial charge in [0.1, 0.15) is 11.9 Å². The molecule has 2 atom stereocenters. The highest BCUT2D eigenvalue weighted by atomic mass is 16.3.